The number of ether oxygens (including phenoxy) is 2. The molecule has 6 heteroatoms. The molecule has 1 atom stereocenters. The van der Waals surface area contributed by atoms with Crippen molar-refractivity contribution in [2.45, 2.75) is 19.1 Å². The number of methoxy groups -OCH3 is 1. The smallest absolute Gasteiger partial charge is 0.0897 e. The van der Waals surface area contributed by atoms with Crippen molar-refractivity contribution < 1.29 is 14.6 Å². The van der Waals surface area contributed by atoms with E-state index in [1.54, 1.807) is 13.3 Å². The Balaban J connectivity index is 1.87. The minimum absolute atomic E-state index is 0.343. The number of hydrogen-bond acceptors (Lipinski definition) is 5. The molecule has 0 saturated heterocycles. The van der Waals surface area contributed by atoms with Crippen molar-refractivity contribution in [2.24, 2.45) is 0 Å². The summed E-state index contributed by atoms with van der Waals surface area (Å²) < 4.78 is 12.0. The molecule has 0 radical (unpaired) electrons. The molecular weight excluding hydrogens is 234 g/mol. The highest BCUT2D eigenvalue weighted by molar-refractivity contribution is 4.77. The summed E-state index contributed by atoms with van der Waals surface area (Å²) in [7, 11) is 1.63. The Kier molecular flexibility index (Phi) is 8.41. The van der Waals surface area contributed by atoms with Gasteiger partial charge in [0.1, 0.15) is 0 Å². The van der Waals surface area contributed by atoms with Crippen LogP contribution in [0.5, 0.6) is 0 Å². The lowest BCUT2D eigenvalue weighted by molar-refractivity contribution is 0.0138. The van der Waals surface area contributed by atoms with Gasteiger partial charge in [-0.25, -0.2) is 0 Å². The fraction of sp³-hybridized carbons (Fsp3) is 0.750. The molecule has 1 aromatic rings. The molecule has 6 nitrogen and oxygen atoms in total. The summed E-state index contributed by atoms with van der Waals surface area (Å²) in [6.45, 7) is 3.72. The van der Waals surface area contributed by atoms with E-state index < -0.39 is 6.10 Å². The number of aliphatic hydroxyl groups excluding tert-OH is 1. The Morgan fingerprint density at radius 3 is 3.06 bits per heavy atom. The van der Waals surface area contributed by atoms with Crippen LogP contribution < -0.4 is 5.32 Å². The minimum atomic E-state index is -0.466. The van der Waals surface area contributed by atoms with Crippen LogP contribution in [0.1, 0.15) is 6.42 Å². The van der Waals surface area contributed by atoms with Crippen molar-refractivity contribution in [1.82, 2.24) is 15.1 Å². The summed E-state index contributed by atoms with van der Waals surface area (Å²) in [4.78, 5) is 0. The van der Waals surface area contributed by atoms with E-state index in [0.29, 0.717) is 26.4 Å². The van der Waals surface area contributed by atoms with Crippen LogP contribution in [0, 0.1) is 0 Å². The summed E-state index contributed by atoms with van der Waals surface area (Å²) >= 11 is 0. The highest BCUT2D eigenvalue weighted by Gasteiger charge is 2.03. The van der Waals surface area contributed by atoms with Crippen LogP contribution in [0.3, 0.4) is 0 Å². The van der Waals surface area contributed by atoms with Gasteiger partial charge in [-0.2, -0.15) is 5.10 Å². The summed E-state index contributed by atoms with van der Waals surface area (Å²) in [5.74, 6) is 0. The zero-order valence-electron chi connectivity index (χ0n) is 10.9. The van der Waals surface area contributed by atoms with Gasteiger partial charge >= 0.3 is 0 Å². The lowest BCUT2D eigenvalue weighted by Crippen LogP contribution is -2.31. The molecule has 1 rings (SSSR count). The maximum atomic E-state index is 9.59. The van der Waals surface area contributed by atoms with Crippen LogP contribution in [-0.2, 0) is 16.0 Å². The zero-order chi connectivity index (χ0) is 13.1. The quantitative estimate of drug-likeness (QED) is 0.541. The second kappa shape index (κ2) is 10.0. The van der Waals surface area contributed by atoms with Gasteiger partial charge in [-0.3, -0.25) is 4.68 Å². The number of aryl methyl sites for hydroxylation is 1. The molecular formula is C12H23N3O3. The molecule has 18 heavy (non-hydrogen) atoms. The van der Waals surface area contributed by atoms with Gasteiger partial charge in [0.2, 0.25) is 0 Å². The number of rotatable bonds is 11. The van der Waals surface area contributed by atoms with E-state index in [2.05, 4.69) is 10.4 Å². The molecule has 1 aromatic heterocycles. The van der Waals surface area contributed by atoms with Gasteiger partial charge in [0.05, 0.1) is 25.9 Å². The Hall–Kier alpha value is -0.950. The van der Waals surface area contributed by atoms with E-state index >= 15 is 0 Å². The molecule has 0 aromatic carbocycles. The van der Waals surface area contributed by atoms with Crippen LogP contribution in [0.25, 0.3) is 0 Å². The highest BCUT2D eigenvalue weighted by atomic mass is 16.5. The van der Waals surface area contributed by atoms with Gasteiger partial charge in [0.25, 0.3) is 0 Å². The fourth-order valence-electron chi connectivity index (χ4n) is 1.49. The fourth-order valence-corrected chi connectivity index (χ4v) is 1.49. The third-order valence-electron chi connectivity index (χ3n) is 2.42. The summed E-state index contributed by atoms with van der Waals surface area (Å²) in [5, 5.41) is 16.9. The second-order valence-corrected chi connectivity index (χ2v) is 4.05. The van der Waals surface area contributed by atoms with Crippen molar-refractivity contribution in [3.63, 3.8) is 0 Å². The Morgan fingerprint density at radius 2 is 2.33 bits per heavy atom. The Morgan fingerprint density at radius 1 is 1.44 bits per heavy atom. The topological polar surface area (TPSA) is 68.5 Å². The molecule has 1 heterocycles. The molecule has 1 unspecified atom stereocenters. The second-order valence-electron chi connectivity index (χ2n) is 4.05. The first-order chi connectivity index (χ1) is 8.83. The molecule has 2 N–H and O–H groups in total. The lowest BCUT2D eigenvalue weighted by Gasteiger charge is -2.12. The maximum absolute atomic E-state index is 9.59. The molecule has 0 bridgehead atoms. The number of hydrogen-bond donors (Lipinski definition) is 2. The van der Waals surface area contributed by atoms with Crippen LogP contribution in [0.2, 0.25) is 0 Å². The standard InChI is InChI=1S/C12H23N3O3/c1-17-8-9-18-11-12(16)10-13-4-2-6-15-7-3-5-14-15/h3,5,7,12-13,16H,2,4,6,8-11H2,1H3. The molecule has 0 fully saturated rings. The summed E-state index contributed by atoms with van der Waals surface area (Å²) in [6.07, 6.45) is 4.23. The van der Waals surface area contributed by atoms with E-state index in [-0.39, 0.29) is 0 Å². The van der Waals surface area contributed by atoms with Gasteiger partial charge in [-0.1, -0.05) is 0 Å². The number of aliphatic hydroxyl groups is 1. The normalized spacial score (nSPS) is 12.8. The third kappa shape index (κ3) is 7.39. The monoisotopic (exact) mass is 257 g/mol. The lowest BCUT2D eigenvalue weighted by atomic mass is 10.3. The summed E-state index contributed by atoms with van der Waals surface area (Å²) in [6, 6.07) is 1.91. The van der Waals surface area contributed by atoms with Crippen molar-refractivity contribution in [3.8, 4) is 0 Å². The maximum Gasteiger partial charge on any atom is 0.0897 e. The first-order valence-corrected chi connectivity index (χ1v) is 6.26. The van der Waals surface area contributed by atoms with Crippen molar-refractivity contribution in [1.29, 1.82) is 0 Å². The van der Waals surface area contributed by atoms with Crippen LogP contribution in [-0.4, -0.2) is 61.0 Å². The van der Waals surface area contributed by atoms with Gasteiger partial charge in [-0.05, 0) is 19.0 Å². The van der Waals surface area contributed by atoms with Crippen molar-refractivity contribution in [2.75, 3.05) is 40.0 Å². The largest absolute Gasteiger partial charge is 0.389 e. The van der Waals surface area contributed by atoms with Gasteiger partial charge in [0, 0.05) is 32.6 Å². The third-order valence-corrected chi connectivity index (χ3v) is 2.42. The number of nitrogens with one attached hydrogen (secondary N) is 1. The van der Waals surface area contributed by atoms with E-state index in [0.717, 1.165) is 19.5 Å². The van der Waals surface area contributed by atoms with Crippen molar-refractivity contribution >= 4 is 0 Å². The van der Waals surface area contributed by atoms with Gasteiger partial charge < -0.3 is 19.9 Å². The number of nitrogens with zero attached hydrogens (tertiary/aromatic N) is 2. The van der Waals surface area contributed by atoms with Gasteiger partial charge in [-0.15, -0.1) is 0 Å². The van der Waals surface area contributed by atoms with Crippen molar-refractivity contribution in [3.05, 3.63) is 18.5 Å². The highest BCUT2D eigenvalue weighted by Crippen LogP contribution is 1.89. The SMILES string of the molecule is COCCOCC(O)CNCCCn1cccn1. The molecule has 0 aliphatic carbocycles. The zero-order valence-corrected chi connectivity index (χ0v) is 10.9. The van der Waals surface area contributed by atoms with E-state index in [4.69, 9.17) is 9.47 Å². The molecule has 0 aliphatic rings. The average Bonchev–Trinajstić information content (AvgIpc) is 2.87. The minimum Gasteiger partial charge on any atom is -0.389 e. The van der Waals surface area contributed by atoms with Crippen LogP contribution in [0.4, 0.5) is 0 Å². The van der Waals surface area contributed by atoms with Crippen LogP contribution in [0.15, 0.2) is 18.5 Å². The number of aromatic nitrogens is 2. The Bertz CT molecular complexity index is 280. The predicted octanol–water partition coefficient (Wildman–Crippen LogP) is -0.113. The van der Waals surface area contributed by atoms with Crippen LogP contribution >= 0.6 is 0 Å². The van der Waals surface area contributed by atoms with Gasteiger partial charge in [0.15, 0.2) is 0 Å². The average molecular weight is 257 g/mol. The Labute approximate surface area is 108 Å². The molecule has 0 saturated carbocycles. The molecule has 0 aliphatic heterocycles. The first kappa shape index (κ1) is 15.1. The van der Waals surface area contributed by atoms with E-state index in [1.165, 1.54) is 0 Å². The first-order valence-electron chi connectivity index (χ1n) is 6.26. The predicted molar refractivity (Wildman–Crippen MR) is 68.4 cm³/mol. The summed E-state index contributed by atoms with van der Waals surface area (Å²) in [5.41, 5.74) is 0. The van der Waals surface area contributed by atoms with E-state index in [1.807, 2.05) is 16.9 Å². The molecule has 104 valence electrons. The molecule has 0 amide bonds. The van der Waals surface area contributed by atoms with E-state index in [9.17, 15) is 5.11 Å². The molecule has 0 spiro atoms.